The Morgan fingerprint density at radius 2 is 1.92 bits per heavy atom. The second-order valence-corrected chi connectivity index (χ2v) is 6.33. The minimum atomic E-state index is -4.69. The largest absolute Gasteiger partial charge is 0.480 e. The van der Waals surface area contributed by atoms with Crippen molar-refractivity contribution >= 4 is 23.6 Å². The molecular weight excluding hydrogens is 343 g/mol. The minimum Gasteiger partial charge on any atom is -0.480 e. The van der Waals surface area contributed by atoms with E-state index in [1.807, 2.05) is 25.2 Å². The molecule has 0 aliphatic carbocycles. The number of alkyl halides is 3. The minimum absolute atomic E-state index is 0.151. The van der Waals surface area contributed by atoms with Crippen molar-refractivity contribution in [2.45, 2.75) is 37.4 Å². The number of rotatable bonds is 7. The number of carbonyl (C=O) groups is 2. The molecule has 4 nitrogen and oxygen atoms in total. The Morgan fingerprint density at radius 1 is 1.29 bits per heavy atom. The fourth-order valence-corrected chi connectivity index (χ4v) is 2.83. The van der Waals surface area contributed by atoms with Gasteiger partial charge in [0.15, 0.2) is 0 Å². The first kappa shape index (κ1) is 20.1. The summed E-state index contributed by atoms with van der Waals surface area (Å²) in [6.45, 7) is 3.85. The molecule has 1 atom stereocenters. The number of amides is 1. The van der Waals surface area contributed by atoms with Crippen molar-refractivity contribution in [2.24, 2.45) is 0 Å². The summed E-state index contributed by atoms with van der Waals surface area (Å²) in [6.07, 6.45) is -4.36. The molecule has 24 heavy (non-hydrogen) atoms. The number of halogens is 3. The highest BCUT2D eigenvalue weighted by Crippen LogP contribution is 2.25. The lowest BCUT2D eigenvalue weighted by molar-refractivity contribution is -0.157. The van der Waals surface area contributed by atoms with E-state index >= 15 is 0 Å². The van der Waals surface area contributed by atoms with Crippen LogP contribution in [0.2, 0.25) is 0 Å². The highest BCUT2D eigenvalue weighted by atomic mass is 32.2. The number of carbonyl (C=O) groups excluding carboxylic acids is 1. The second-order valence-electron chi connectivity index (χ2n) is 5.27. The summed E-state index contributed by atoms with van der Waals surface area (Å²) in [5.41, 5.74) is 1.25. The molecular formula is C16H18F3NO3S. The van der Waals surface area contributed by atoms with Crippen molar-refractivity contribution in [2.75, 3.05) is 5.75 Å². The number of hydrogen-bond donors (Lipinski definition) is 2. The van der Waals surface area contributed by atoms with Gasteiger partial charge in [0, 0.05) is 10.6 Å². The maximum atomic E-state index is 12.4. The van der Waals surface area contributed by atoms with E-state index in [1.165, 1.54) is 17.8 Å². The molecule has 0 fully saturated rings. The van der Waals surface area contributed by atoms with Gasteiger partial charge < -0.3 is 10.4 Å². The number of carboxylic acid groups (broad SMARTS) is 1. The first-order valence-electron chi connectivity index (χ1n) is 7.06. The summed E-state index contributed by atoms with van der Waals surface area (Å²) in [7, 11) is 0. The van der Waals surface area contributed by atoms with Crippen LogP contribution in [0, 0.1) is 0 Å². The molecule has 1 unspecified atom stereocenters. The van der Waals surface area contributed by atoms with Crippen LogP contribution >= 0.6 is 11.8 Å². The van der Waals surface area contributed by atoms with Crippen molar-refractivity contribution in [3.8, 4) is 0 Å². The maximum Gasteiger partial charge on any atom is 0.391 e. The average Bonchev–Trinajstić information content (AvgIpc) is 2.45. The van der Waals surface area contributed by atoms with E-state index in [4.69, 9.17) is 5.11 Å². The predicted molar refractivity (Wildman–Crippen MR) is 86.2 cm³/mol. The van der Waals surface area contributed by atoms with Gasteiger partial charge in [0.2, 0.25) is 0 Å². The molecule has 1 rings (SSSR count). The van der Waals surface area contributed by atoms with Crippen LogP contribution in [0.5, 0.6) is 0 Å². The number of allylic oxidation sites excluding steroid dienone is 1. The Morgan fingerprint density at radius 3 is 2.46 bits per heavy atom. The van der Waals surface area contributed by atoms with E-state index in [2.05, 4.69) is 0 Å². The molecule has 0 aromatic heterocycles. The SMILES string of the molecule is CC(C)=CCSc1ccccc1C(=O)NC(CC(F)(F)F)C(=O)O. The van der Waals surface area contributed by atoms with E-state index in [-0.39, 0.29) is 5.56 Å². The third kappa shape index (κ3) is 7.08. The van der Waals surface area contributed by atoms with Gasteiger partial charge in [-0.1, -0.05) is 23.8 Å². The Hall–Kier alpha value is -1.96. The van der Waals surface area contributed by atoms with Crippen LogP contribution in [0.4, 0.5) is 13.2 Å². The van der Waals surface area contributed by atoms with Crippen LogP contribution in [0.1, 0.15) is 30.6 Å². The molecule has 0 spiro atoms. The van der Waals surface area contributed by atoms with E-state index in [0.29, 0.717) is 10.6 Å². The van der Waals surface area contributed by atoms with Gasteiger partial charge in [-0.05, 0) is 26.0 Å². The van der Waals surface area contributed by atoms with Crippen molar-refractivity contribution < 1.29 is 27.9 Å². The lowest BCUT2D eigenvalue weighted by atomic mass is 10.1. The van der Waals surface area contributed by atoms with E-state index in [9.17, 15) is 22.8 Å². The van der Waals surface area contributed by atoms with Gasteiger partial charge in [-0.15, -0.1) is 11.8 Å². The van der Waals surface area contributed by atoms with Crippen LogP contribution in [0.25, 0.3) is 0 Å². The normalized spacial score (nSPS) is 12.4. The van der Waals surface area contributed by atoms with E-state index in [1.54, 1.807) is 18.2 Å². The highest BCUT2D eigenvalue weighted by Gasteiger charge is 2.36. The number of hydrogen-bond acceptors (Lipinski definition) is 3. The van der Waals surface area contributed by atoms with Crippen LogP contribution in [0.3, 0.4) is 0 Å². The Balaban J connectivity index is 2.90. The fourth-order valence-electron chi connectivity index (χ4n) is 1.75. The summed E-state index contributed by atoms with van der Waals surface area (Å²) in [4.78, 5) is 23.7. The zero-order chi connectivity index (χ0) is 18.3. The Kier molecular flexibility index (Phi) is 7.34. The molecule has 8 heteroatoms. The molecule has 0 bridgehead atoms. The van der Waals surface area contributed by atoms with Crippen molar-refractivity contribution in [3.63, 3.8) is 0 Å². The Labute approximate surface area is 142 Å². The second kappa shape index (κ2) is 8.77. The monoisotopic (exact) mass is 361 g/mol. The number of benzene rings is 1. The zero-order valence-electron chi connectivity index (χ0n) is 13.2. The molecule has 0 heterocycles. The molecule has 0 saturated carbocycles. The van der Waals surface area contributed by atoms with E-state index in [0.717, 1.165) is 5.57 Å². The molecule has 0 aliphatic rings. The first-order chi connectivity index (χ1) is 11.1. The van der Waals surface area contributed by atoms with Gasteiger partial charge >= 0.3 is 12.1 Å². The lowest BCUT2D eigenvalue weighted by Crippen LogP contribution is -2.43. The summed E-state index contributed by atoms with van der Waals surface area (Å²) in [5, 5.41) is 10.8. The number of thioether (sulfide) groups is 1. The van der Waals surface area contributed by atoms with Gasteiger partial charge in [0.25, 0.3) is 5.91 Å². The molecule has 0 saturated heterocycles. The summed E-state index contributed by atoms with van der Waals surface area (Å²) in [5.74, 6) is -1.97. The van der Waals surface area contributed by atoms with Crippen molar-refractivity contribution in [1.82, 2.24) is 5.32 Å². The molecule has 132 valence electrons. The topological polar surface area (TPSA) is 66.4 Å². The standard InChI is InChI=1S/C16H18F3NO3S/c1-10(2)7-8-24-13-6-4-3-5-11(13)14(21)20-12(15(22)23)9-16(17,18)19/h3-7,12H,8-9H2,1-2H3,(H,20,21)(H,22,23). The molecule has 2 N–H and O–H groups in total. The molecule has 1 aromatic rings. The molecule has 1 aromatic carbocycles. The summed E-state index contributed by atoms with van der Waals surface area (Å²) in [6, 6.07) is 4.36. The quantitative estimate of drug-likeness (QED) is 0.571. The average molecular weight is 361 g/mol. The number of carboxylic acids is 1. The van der Waals surface area contributed by atoms with Crippen LogP contribution in [0.15, 0.2) is 40.8 Å². The maximum absolute atomic E-state index is 12.4. The van der Waals surface area contributed by atoms with Crippen molar-refractivity contribution in [3.05, 3.63) is 41.5 Å². The van der Waals surface area contributed by atoms with Crippen LogP contribution in [-0.4, -0.2) is 35.0 Å². The van der Waals surface area contributed by atoms with Gasteiger partial charge in [-0.3, -0.25) is 4.79 Å². The molecule has 0 aliphatic heterocycles. The number of nitrogens with one attached hydrogen (secondary N) is 1. The van der Waals surface area contributed by atoms with Gasteiger partial charge in [-0.2, -0.15) is 13.2 Å². The number of aliphatic carboxylic acids is 1. The molecule has 0 radical (unpaired) electrons. The summed E-state index contributed by atoms with van der Waals surface area (Å²) >= 11 is 1.35. The third-order valence-electron chi connectivity index (χ3n) is 2.90. The van der Waals surface area contributed by atoms with E-state index < -0.39 is 30.5 Å². The zero-order valence-corrected chi connectivity index (χ0v) is 14.0. The smallest absolute Gasteiger partial charge is 0.391 e. The van der Waals surface area contributed by atoms with Gasteiger partial charge in [0.1, 0.15) is 6.04 Å². The fraction of sp³-hybridized carbons (Fsp3) is 0.375. The van der Waals surface area contributed by atoms with Gasteiger partial charge in [0.05, 0.1) is 12.0 Å². The lowest BCUT2D eigenvalue weighted by Gasteiger charge is -2.17. The highest BCUT2D eigenvalue weighted by molar-refractivity contribution is 7.99. The van der Waals surface area contributed by atoms with Crippen LogP contribution < -0.4 is 5.32 Å². The summed E-state index contributed by atoms with van der Waals surface area (Å²) < 4.78 is 37.2. The van der Waals surface area contributed by atoms with Crippen molar-refractivity contribution in [1.29, 1.82) is 0 Å². The first-order valence-corrected chi connectivity index (χ1v) is 8.04. The van der Waals surface area contributed by atoms with Gasteiger partial charge in [-0.25, -0.2) is 4.79 Å². The van der Waals surface area contributed by atoms with Crippen LogP contribution in [-0.2, 0) is 4.79 Å². The molecule has 1 amide bonds. The predicted octanol–water partition coefficient (Wildman–Crippen LogP) is 3.88. The Bertz CT molecular complexity index is 625. The third-order valence-corrected chi connectivity index (χ3v) is 3.90.